The number of carboxylic acid groups (broad SMARTS) is 1. The van der Waals surface area contributed by atoms with E-state index in [1.165, 1.54) is 23.5 Å². The number of carbonyl (C=O) groups is 2. The predicted octanol–water partition coefficient (Wildman–Crippen LogP) is 3.03. The van der Waals surface area contributed by atoms with Crippen molar-refractivity contribution in [3.8, 4) is 0 Å². The van der Waals surface area contributed by atoms with Gasteiger partial charge in [-0.05, 0) is 43.4 Å². The molecule has 3 rings (SSSR count). The molecule has 0 spiro atoms. The molecule has 0 aliphatic heterocycles. The van der Waals surface area contributed by atoms with Gasteiger partial charge in [0, 0.05) is 12.5 Å². The van der Waals surface area contributed by atoms with Gasteiger partial charge in [0.2, 0.25) is 5.13 Å². The Morgan fingerprint density at radius 3 is 2.69 bits per heavy atom. The number of anilines is 1. The van der Waals surface area contributed by atoms with Crippen molar-refractivity contribution < 1.29 is 19.1 Å². The first-order chi connectivity index (χ1) is 12.5. The van der Waals surface area contributed by atoms with Gasteiger partial charge in [-0.3, -0.25) is 10.1 Å². The molecule has 26 heavy (non-hydrogen) atoms. The zero-order chi connectivity index (χ0) is 18.5. The van der Waals surface area contributed by atoms with E-state index in [9.17, 15) is 14.0 Å². The highest BCUT2D eigenvalue weighted by atomic mass is 32.1. The Morgan fingerprint density at radius 1 is 1.23 bits per heavy atom. The first kappa shape index (κ1) is 18.2. The Kier molecular flexibility index (Phi) is 5.77. The standard InChI is InChI=1S/C17H19FN4O3S/c18-12-3-1-2-10(8-12)9-14-21-22-17(26-14)20-16(25)19-13-6-4-11(5-7-13)15(23)24/h1-3,8,11,13H,4-7,9H2,(H,23,24)(H2,19,20,22,25). The minimum Gasteiger partial charge on any atom is -0.481 e. The average Bonchev–Trinajstić information content (AvgIpc) is 3.02. The third kappa shape index (κ3) is 4.98. The van der Waals surface area contributed by atoms with Gasteiger partial charge < -0.3 is 10.4 Å². The summed E-state index contributed by atoms with van der Waals surface area (Å²) in [6.07, 6.45) is 2.86. The van der Waals surface area contributed by atoms with Crippen LogP contribution < -0.4 is 10.6 Å². The Balaban J connectivity index is 1.48. The van der Waals surface area contributed by atoms with Crippen LogP contribution >= 0.6 is 11.3 Å². The van der Waals surface area contributed by atoms with Gasteiger partial charge in [-0.1, -0.05) is 23.5 Å². The molecule has 3 N–H and O–H groups in total. The van der Waals surface area contributed by atoms with E-state index >= 15 is 0 Å². The number of carboxylic acids is 1. The number of urea groups is 1. The highest BCUT2D eigenvalue weighted by molar-refractivity contribution is 7.15. The van der Waals surface area contributed by atoms with E-state index in [0.29, 0.717) is 42.2 Å². The number of aliphatic carboxylic acids is 1. The van der Waals surface area contributed by atoms with E-state index in [1.54, 1.807) is 12.1 Å². The van der Waals surface area contributed by atoms with Crippen LogP contribution in [0.4, 0.5) is 14.3 Å². The fourth-order valence-electron chi connectivity index (χ4n) is 3.00. The summed E-state index contributed by atoms with van der Waals surface area (Å²) in [7, 11) is 0. The zero-order valence-corrected chi connectivity index (χ0v) is 14.8. The van der Waals surface area contributed by atoms with Gasteiger partial charge in [0.05, 0.1) is 5.92 Å². The van der Waals surface area contributed by atoms with Crippen LogP contribution in [-0.4, -0.2) is 33.3 Å². The molecule has 1 aliphatic carbocycles. The molecule has 1 aromatic carbocycles. The predicted molar refractivity (Wildman–Crippen MR) is 94.7 cm³/mol. The first-order valence-electron chi connectivity index (χ1n) is 8.37. The summed E-state index contributed by atoms with van der Waals surface area (Å²) in [6.45, 7) is 0. The number of nitrogens with zero attached hydrogens (tertiary/aromatic N) is 2. The van der Waals surface area contributed by atoms with Gasteiger partial charge in [-0.25, -0.2) is 9.18 Å². The maximum atomic E-state index is 13.2. The highest BCUT2D eigenvalue weighted by Gasteiger charge is 2.26. The third-order valence-electron chi connectivity index (χ3n) is 4.34. The Hall–Kier alpha value is -2.55. The molecule has 0 radical (unpaired) electrons. The minimum atomic E-state index is -0.771. The summed E-state index contributed by atoms with van der Waals surface area (Å²) >= 11 is 1.23. The number of benzene rings is 1. The molecule has 2 amide bonds. The molecule has 7 nitrogen and oxygen atoms in total. The van der Waals surface area contributed by atoms with Gasteiger partial charge in [0.1, 0.15) is 10.8 Å². The van der Waals surface area contributed by atoms with Crippen LogP contribution in [0.15, 0.2) is 24.3 Å². The second kappa shape index (κ2) is 8.22. The van der Waals surface area contributed by atoms with Gasteiger partial charge in [-0.2, -0.15) is 0 Å². The summed E-state index contributed by atoms with van der Waals surface area (Å²) in [6, 6.07) is 5.84. The largest absolute Gasteiger partial charge is 0.481 e. The molecule has 0 atom stereocenters. The molecule has 9 heteroatoms. The fourth-order valence-corrected chi connectivity index (χ4v) is 3.77. The maximum absolute atomic E-state index is 13.2. The normalized spacial score (nSPS) is 19.7. The van der Waals surface area contributed by atoms with Crippen molar-refractivity contribution in [1.29, 1.82) is 0 Å². The summed E-state index contributed by atoms with van der Waals surface area (Å²) in [5.74, 6) is -1.39. The average molecular weight is 378 g/mol. The SMILES string of the molecule is O=C(Nc1nnc(Cc2cccc(F)c2)s1)NC1CCC(C(=O)O)CC1. The van der Waals surface area contributed by atoms with Crippen molar-refractivity contribution >= 4 is 28.5 Å². The van der Waals surface area contributed by atoms with Crippen molar-refractivity contribution in [2.24, 2.45) is 5.92 Å². The number of carbonyl (C=O) groups excluding carboxylic acids is 1. The van der Waals surface area contributed by atoms with Crippen molar-refractivity contribution in [2.45, 2.75) is 38.1 Å². The topological polar surface area (TPSA) is 104 Å². The molecular weight excluding hydrogens is 359 g/mol. The van der Waals surface area contributed by atoms with Crippen LogP contribution in [0.3, 0.4) is 0 Å². The van der Waals surface area contributed by atoms with Crippen LogP contribution in [0.25, 0.3) is 0 Å². The lowest BCUT2D eigenvalue weighted by atomic mass is 9.86. The second-order valence-corrected chi connectivity index (χ2v) is 7.35. The van der Waals surface area contributed by atoms with Gasteiger partial charge in [0.25, 0.3) is 0 Å². The number of halogens is 1. The maximum Gasteiger partial charge on any atom is 0.321 e. The van der Waals surface area contributed by atoms with Crippen LogP contribution in [0.5, 0.6) is 0 Å². The van der Waals surface area contributed by atoms with Crippen LogP contribution in [-0.2, 0) is 11.2 Å². The van der Waals surface area contributed by atoms with Crippen molar-refractivity contribution in [1.82, 2.24) is 15.5 Å². The minimum absolute atomic E-state index is 0.0368. The molecule has 0 bridgehead atoms. The third-order valence-corrected chi connectivity index (χ3v) is 5.18. The first-order valence-corrected chi connectivity index (χ1v) is 9.18. The molecule has 0 saturated heterocycles. The lowest BCUT2D eigenvalue weighted by Gasteiger charge is -2.26. The van der Waals surface area contributed by atoms with Crippen LogP contribution in [0.1, 0.15) is 36.3 Å². The summed E-state index contributed by atoms with van der Waals surface area (Å²) in [5.41, 5.74) is 0.785. The smallest absolute Gasteiger partial charge is 0.321 e. The van der Waals surface area contributed by atoms with Crippen molar-refractivity contribution in [2.75, 3.05) is 5.32 Å². The number of hydrogen-bond acceptors (Lipinski definition) is 5. The van der Waals surface area contributed by atoms with Crippen molar-refractivity contribution in [3.63, 3.8) is 0 Å². The number of amides is 2. The fraction of sp³-hybridized carbons (Fsp3) is 0.412. The van der Waals surface area contributed by atoms with Crippen LogP contribution in [0.2, 0.25) is 0 Å². The lowest BCUT2D eigenvalue weighted by Crippen LogP contribution is -2.40. The highest BCUT2D eigenvalue weighted by Crippen LogP contribution is 2.24. The number of nitrogens with one attached hydrogen (secondary N) is 2. The Morgan fingerprint density at radius 2 is 2.00 bits per heavy atom. The molecule has 1 aliphatic rings. The molecule has 1 fully saturated rings. The zero-order valence-electron chi connectivity index (χ0n) is 13.9. The summed E-state index contributed by atoms with van der Waals surface area (Å²) < 4.78 is 13.2. The molecule has 138 valence electrons. The van der Waals surface area contributed by atoms with Gasteiger partial charge >= 0.3 is 12.0 Å². The quantitative estimate of drug-likeness (QED) is 0.742. The monoisotopic (exact) mass is 378 g/mol. The van der Waals surface area contributed by atoms with Gasteiger partial charge in [0.15, 0.2) is 0 Å². The summed E-state index contributed by atoms with van der Waals surface area (Å²) in [4.78, 5) is 23.0. The molecule has 1 aromatic heterocycles. The van der Waals surface area contributed by atoms with E-state index in [0.717, 1.165) is 5.56 Å². The van der Waals surface area contributed by atoms with Crippen LogP contribution in [0, 0.1) is 11.7 Å². The van der Waals surface area contributed by atoms with E-state index in [2.05, 4.69) is 20.8 Å². The Labute approximate surface area is 153 Å². The molecular formula is C17H19FN4O3S. The Bertz CT molecular complexity index is 790. The molecule has 2 aromatic rings. The summed E-state index contributed by atoms with van der Waals surface area (Å²) in [5, 5.41) is 23.5. The number of aromatic nitrogens is 2. The van der Waals surface area contributed by atoms with E-state index in [1.807, 2.05) is 0 Å². The van der Waals surface area contributed by atoms with E-state index in [4.69, 9.17) is 5.11 Å². The second-order valence-electron chi connectivity index (χ2n) is 6.29. The van der Waals surface area contributed by atoms with E-state index < -0.39 is 5.97 Å². The van der Waals surface area contributed by atoms with E-state index in [-0.39, 0.29) is 23.8 Å². The lowest BCUT2D eigenvalue weighted by molar-refractivity contribution is -0.142. The van der Waals surface area contributed by atoms with Crippen molar-refractivity contribution in [3.05, 3.63) is 40.7 Å². The van der Waals surface area contributed by atoms with Gasteiger partial charge in [-0.15, -0.1) is 10.2 Å². The number of hydrogen-bond donors (Lipinski definition) is 3. The molecule has 0 unspecified atom stereocenters. The molecule has 1 heterocycles. The molecule has 1 saturated carbocycles. The number of rotatable bonds is 5.